The van der Waals surface area contributed by atoms with Crippen molar-refractivity contribution < 1.29 is 4.74 Å². The van der Waals surface area contributed by atoms with E-state index >= 15 is 0 Å². The Labute approximate surface area is 104 Å². The first-order valence-corrected chi connectivity index (χ1v) is 6.61. The first-order chi connectivity index (χ1) is 8.26. The third-order valence-corrected chi connectivity index (χ3v) is 3.60. The number of nitrogens with one attached hydrogen (secondary N) is 1. The van der Waals surface area contributed by atoms with Gasteiger partial charge in [-0.25, -0.2) is 0 Å². The number of ether oxygens (including phenoxy) is 1. The minimum absolute atomic E-state index is 0.768. The summed E-state index contributed by atoms with van der Waals surface area (Å²) in [5.74, 6) is 2.60. The Bertz CT molecular complexity index is 375. The predicted molar refractivity (Wildman–Crippen MR) is 71.7 cm³/mol. The first kappa shape index (κ1) is 12.4. The van der Waals surface area contributed by atoms with Crippen LogP contribution >= 0.6 is 0 Å². The van der Waals surface area contributed by atoms with Crippen LogP contribution in [0.25, 0.3) is 0 Å². The van der Waals surface area contributed by atoms with Crippen LogP contribution in [0.15, 0.2) is 18.2 Å². The van der Waals surface area contributed by atoms with Gasteiger partial charge in [0.2, 0.25) is 0 Å². The molecule has 1 aromatic rings. The van der Waals surface area contributed by atoms with Gasteiger partial charge in [0.25, 0.3) is 0 Å². The largest absolute Gasteiger partial charge is 0.496 e. The Morgan fingerprint density at radius 1 is 1.41 bits per heavy atom. The Balaban J connectivity index is 1.90. The van der Waals surface area contributed by atoms with E-state index in [1.807, 2.05) is 0 Å². The second-order valence-corrected chi connectivity index (χ2v) is 5.04. The number of hydrogen-bond acceptors (Lipinski definition) is 2. The summed E-state index contributed by atoms with van der Waals surface area (Å²) in [6.45, 7) is 6.65. The van der Waals surface area contributed by atoms with E-state index in [9.17, 15) is 0 Å². The van der Waals surface area contributed by atoms with E-state index in [1.54, 1.807) is 7.11 Å². The Kier molecular flexibility index (Phi) is 4.06. The molecule has 0 bridgehead atoms. The molecule has 2 nitrogen and oxygen atoms in total. The number of hydrogen-bond donors (Lipinski definition) is 1. The van der Waals surface area contributed by atoms with E-state index in [0.717, 1.165) is 24.1 Å². The second-order valence-electron chi connectivity index (χ2n) is 5.04. The molecule has 0 heterocycles. The molecule has 0 spiro atoms. The average molecular weight is 233 g/mol. The summed E-state index contributed by atoms with van der Waals surface area (Å²) in [5.41, 5.74) is 2.73. The number of benzene rings is 1. The smallest absolute Gasteiger partial charge is 0.121 e. The maximum atomic E-state index is 5.29. The lowest BCUT2D eigenvalue weighted by molar-refractivity contribution is 0.411. The standard InChI is InChI=1S/C15H23NO/c1-4-7-16-10-13-9-14(13)12-5-6-15(17-3)11(2)8-12/h5-6,8,13-14,16H,4,7,9-10H2,1-3H3. The molecule has 1 aliphatic carbocycles. The molecule has 0 aliphatic heterocycles. The Hall–Kier alpha value is -1.02. The fourth-order valence-electron chi connectivity index (χ4n) is 2.48. The lowest BCUT2D eigenvalue weighted by Gasteiger charge is -2.07. The molecule has 1 aliphatic rings. The van der Waals surface area contributed by atoms with E-state index in [1.165, 1.54) is 30.5 Å². The monoisotopic (exact) mass is 233 g/mol. The number of methoxy groups -OCH3 is 1. The topological polar surface area (TPSA) is 21.3 Å². The van der Waals surface area contributed by atoms with Crippen LogP contribution in [-0.2, 0) is 0 Å². The molecule has 1 fully saturated rings. The van der Waals surface area contributed by atoms with E-state index in [2.05, 4.69) is 37.4 Å². The van der Waals surface area contributed by atoms with Crippen LogP contribution in [0.5, 0.6) is 5.75 Å². The zero-order valence-electron chi connectivity index (χ0n) is 11.1. The van der Waals surface area contributed by atoms with Gasteiger partial charge in [0.15, 0.2) is 0 Å². The molecule has 2 unspecified atom stereocenters. The minimum Gasteiger partial charge on any atom is -0.496 e. The van der Waals surface area contributed by atoms with Crippen LogP contribution in [-0.4, -0.2) is 20.2 Å². The van der Waals surface area contributed by atoms with Crippen molar-refractivity contribution in [2.45, 2.75) is 32.6 Å². The molecule has 17 heavy (non-hydrogen) atoms. The zero-order valence-corrected chi connectivity index (χ0v) is 11.1. The lowest BCUT2D eigenvalue weighted by Crippen LogP contribution is -2.17. The van der Waals surface area contributed by atoms with Crippen molar-refractivity contribution in [1.29, 1.82) is 0 Å². The maximum Gasteiger partial charge on any atom is 0.121 e. The molecule has 0 aromatic heterocycles. The molecule has 0 saturated heterocycles. The minimum atomic E-state index is 0.768. The Morgan fingerprint density at radius 3 is 2.88 bits per heavy atom. The van der Waals surface area contributed by atoms with E-state index in [-0.39, 0.29) is 0 Å². The van der Waals surface area contributed by atoms with Gasteiger partial charge in [-0.2, -0.15) is 0 Å². The Morgan fingerprint density at radius 2 is 2.24 bits per heavy atom. The van der Waals surface area contributed by atoms with E-state index in [4.69, 9.17) is 4.74 Å². The van der Waals surface area contributed by atoms with Crippen LogP contribution in [0.1, 0.15) is 36.8 Å². The van der Waals surface area contributed by atoms with Gasteiger partial charge in [-0.15, -0.1) is 0 Å². The lowest BCUT2D eigenvalue weighted by atomic mass is 10.1. The van der Waals surface area contributed by atoms with Gasteiger partial charge in [-0.3, -0.25) is 0 Å². The van der Waals surface area contributed by atoms with Gasteiger partial charge in [0, 0.05) is 0 Å². The number of rotatable bonds is 6. The molecular weight excluding hydrogens is 210 g/mol. The fourth-order valence-corrected chi connectivity index (χ4v) is 2.48. The van der Waals surface area contributed by atoms with Crippen LogP contribution in [0.3, 0.4) is 0 Å². The van der Waals surface area contributed by atoms with E-state index in [0.29, 0.717) is 0 Å². The highest BCUT2D eigenvalue weighted by atomic mass is 16.5. The normalized spacial score (nSPS) is 22.5. The van der Waals surface area contributed by atoms with Crippen LogP contribution in [0.4, 0.5) is 0 Å². The highest BCUT2D eigenvalue weighted by Gasteiger charge is 2.37. The molecule has 0 amide bonds. The van der Waals surface area contributed by atoms with Gasteiger partial charge in [-0.05, 0) is 61.9 Å². The third kappa shape index (κ3) is 3.01. The summed E-state index contributed by atoms with van der Waals surface area (Å²) in [6.07, 6.45) is 2.56. The van der Waals surface area contributed by atoms with E-state index < -0.39 is 0 Å². The van der Waals surface area contributed by atoms with Crippen molar-refractivity contribution >= 4 is 0 Å². The summed E-state index contributed by atoms with van der Waals surface area (Å²) in [5, 5.41) is 3.51. The SMILES string of the molecule is CCCNCC1CC1c1ccc(OC)c(C)c1. The molecular formula is C15H23NO. The van der Waals surface area contributed by atoms with Gasteiger partial charge in [0.05, 0.1) is 7.11 Å². The average Bonchev–Trinajstić information content (AvgIpc) is 3.09. The first-order valence-electron chi connectivity index (χ1n) is 6.61. The van der Waals surface area contributed by atoms with Crippen molar-refractivity contribution in [3.8, 4) is 5.75 Å². The molecule has 2 rings (SSSR count). The second kappa shape index (κ2) is 5.54. The highest BCUT2D eigenvalue weighted by Crippen LogP contribution is 2.47. The van der Waals surface area contributed by atoms with Crippen molar-refractivity contribution in [3.05, 3.63) is 29.3 Å². The molecule has 94 valence electrons. The zero-order chi connectivity index (χ0) is 12.3. The summed E-state index contributed by atoms with van der Waals surface area (Å²) >= 11 is 0. The molecule has 1 aromatic carbocycles. The molecule has 0 radical (unpaired) electrons. The van der Waals surface area contributed by atoms with Crippen LogP contribution in [0.2, 0.25) is 0 Å². The van der Waals surface area contributed by atoms with Gasteiger partial charge in [-0.1, -0.05) is 19.1 Å². The summed E-state index contributed by atoms with van der Waals surface area (Å²) in [6, 6.07) is 6.60. The highest BCUT2D eigenvalue weighted by molar-refractivity contribution is 5.39. The molecule has 2 atom stereocenters. The summed E-state index contributed by atoms with van der Waals surface area (Å²) in [7, 11) is 1.73. The molecule has 1 saturated carbocycles. The third-order valence-electron chi connectivity index (χ3n) is 3.60. The van der Waals surface area contributed by atoms with Gasteiger partial charge in [0.1, 0.15) is 5.75 Å². The van der Waals surface area contributed by atoms with Crippen molar-refractivity contribution in [1.82, 2.24) is 5.32 Å². The summed E-state index contributed by atoms with van der Waals surface area (Å²) in [4.78, 5) is 0. The van der Waals surface area contributed by atoms with Gasteiger partial charge >= 0.3 is 0 Å². The van der Waals surface area contributed by atoms with Crippen molar-refractivity contribution in [2.24, 2.45) is 5.92 Å². The summed E-state index contributed by atoms with van der Waals surface area (Å²) < 4.78 is 5.29. The molecule has 1 N–H and O–H groups in total. The van der Waals surface area contributed by atoms with Crippen molar-refractivity contribution in [2.75, 3.05) is 20.2 Å². The quantitative estimate of drug-likeness (QED) is 0.762. The van der Waals surface area contributed by atoms with Crippen LogP contribution in [0, 0.1) is 12.8 Å². The van der Waals surface area contributed by atoms with Crippen LogP contribution < -0.4 is 10.1 Å². The number of aryl methyl sites for hydroxylation is 1. The fraction of sp³-hybridized carbons (Fsp3) is 0.600. The molecule has 2 heteroatoms. The van der Waals surface area contributed by atoms with Crippen molar-refractivity contribution in [3.63, 3.8) is 0 Å². The maximum absolute atomic E-state index is 5.29. The predicted octanol–water partition coefficient (Wildman–Crippen LogP) is 3.11. The van der Waals surface area contributed by atoms with Gasteiger partial charge < -0.3 is 10.1 Å².